The Kier molecular flexibility index (Phi) is 2.73. The van der Waals surface area contributed by atoms with Gasteiger partial charge in [0.25, 0.3) is 0 Å². The van der Waals surface area contributed by atoms with Crippen molar-refractivity contribution in [2.24, 2.45) is 0 Å². The van der Waals surface area contributed by atoms with E-state index in [4.69, 9.17) is 0 Å². The molecule has 0 unspecified atom stereocenters. The molecular weight excluding hydrogens is 206 g/mol. The monoisotopic (exact) mass is 211 g/mol. The Labute approximate surface area is 75.3 Å². The van der Waals surface area contributed by atoms with E-state index in [9.17, 15) is 22.4 Å². The minimum Gasteiger partial charge on any atom is -0.331 e. The lowest BCUT2D eigenvalue weighted by atomic mass is 10.3. The number of rotatable bonds is 3. The fourth-order valence-electron chi connectivity index (χ4n) is 0.624. The van der Waals surface area contributed by atoms with Gasteiger partial charge in [-0.1, -0.05) is 0 Å². The predicted octanol–water partition coefficient (Wildman–Crippen LogP) is 1.25. The SMILES string of the molecule is O=C(Nc1ncc[nH]1)C(F)(F)C(F)F. The number of imidazole rings is 1. The molecule has 0 radical (unpaired) electrons. The van der Waals surface area contributed by atoms with E-state index in [0.29, 0.717) is 0 Å². The number of nitrogens with zero attached hydrogens (tertiary/aromatic N) is 1. The molecule has 1 amide bonds. The maximum Gasteiger partial charge on any atom is 0.383 e. The van der Waals surface area contributed by atoms with Gasteiger partial charge in [-0.15, -0.1) is 0 Å². The van der Waals surface area contributed by atoms with Crippen LogP contribution < -0.4 is 5.32 Å². The van der Waals surface area contributed by atoms with Gasteiger partial charge in [0.2, 0.25) is 5.95 Å². The first-order chi connectivity index (χ1) is 6.44. The van der Waals surface area contributed by atoms with Crippen molar-refractivity contribution in [1.29, 1.82) is 0 Å². The average molecular weight is 211 g/mol. The zero-order valence-corrected chi connectivity index (χ0v) is 6.60. The zero-order chi connectivity index (χ0) is 10.8. The number of nitrogens with one attached hydrogen (secondary N) is 2. The van der Waals surface area contributed by atoms with Crippen LogP contribution in [0.15, 0.2) is 12.4 Å². The normalized spacial score (nSPS) is 11.8. The largest absolute Gasteiger partial charge is 0.383 e. The molecule has 0 saturated carbocycles. The first kappa shape index (κ1) is 10.5. The highest BCUT2D eigenvalue weighted by molar-refractivity contribution is 5.94. The van der Waals surface area contributed by atoms with Gasteiger partial charge in [-0.2, -0.15) is 8.78 Å². The fraction of sp³-hybridized carbons (Fsp3) is 0.333. The van der Waals surface area contributed by atoms with Gasteiger partial charge in [-0.25, -0.2) is 13.8 Å². The molecular formula is C6H5F4N3O. The van der Waals surface area contributed by atoms with Crippen LogP contribution in [0.5, 0.6) is 0 Å². The summed E-state index contributed by atoms with van der Waals surface area (Å²) in [4.78, 5) is 16.2. The molecule has 1 aromatic heterocycles. The van der Waals surface area contributed by atoms with Crippen molar-refractivity contribution in [2.45, 2.75) is 12.3 Å². The van der Waals surface area contributed by atoms with Crippen LogP contribution in [0.4, 0.5) is 23.5 Å². The summed E-state index contributed by atoms with van der Waals surface area (Å²) >= 11 is 0. The molecule has 2 N–H and O–H groups in total. The molecule has 0 bridgehead atoms. The number of alkyl halides is 4. The van der Waals surface area contributed by atoms with Crippen LogP contribution in [0, 0.1) is 0 Å². The number of hydrogen-bond acceptors (Lipinski definition) is 2. The van der Waals surface area contributed by atoms with Gasteiger partial charge >= 0.3 is 18.3 Å². The number of aromatic amines is 1. The van der Waals surface area contributed by atoms with Gasteiger partial charge < -0.3 is 4.98 Å². The Balaban J connectivity index is 2.67. The third kappa shape index (κ3) is 2.01. The van der Waals surface area contributed by atoms with Crippen LogP contribution in [-0.4, -0.2) is 28.2 Å². The number of carbonyl (C=O) groups excluding carboxylic acids is 1. The Morgan fingerprint density at radius 1 is 1.57 bits per heavy atom. The van der Waals surface area contributed by atoms with Gasteiger partial charge in [0, 0.05) is 12.4 Å². The molecule has 78 valence electrons. The van der Waals surface area contributed by atoms with Crippen molar-refractivity contribution in [2.75, 3.05) is 5.32 Å². The second-order valence-corrected chi connectivity index (χ2v) is 2.32. The van der Waals surface area contributed by atoms with Gasteiger partial charge in [0.15, 0.2) is 0 Å². The zero-order valence-electron chi connectivity index (χ0n) is 6.60. The lowest BCUT2D eigenvalue weighted by molar-refractivity contribution is -0.163. The van der Waals surface area contributed by atoms with Crippen LogP contribution in [0.1, 0.15) is 0 Å². The maximum absolute atomic E-state index is 12.3. The van der Waals surface area contributed by atoms with Crippen LogP contribution in [-0.2, 0) is 4.79 Å². The van der Waals surface area contributed by atoms with E-state index >= 15 is 0 Å². The van der Waals surface area contributed by atoms with E-state index < -0.39 is 18.3 Å². The molecule has 0 aliphatic rings. The Morgan fingerprint density at radius 2 is 2.21 bits per heavy atom. The number of halogens is 4. The fourth-order valence-corrected chi connectivity index (χ4v) is 0.624. The van der Waals surface area contributed by atoms with E-state index in [1.807, 2.05) is 0 Å². The number of anilines is 1. The number of hydrogen-bond donors (Lipinski definition) is 2. The first-order valence-corrected chi connectivity index (χ1v) is 3.41. The molecule has 1 rings (SSSR count). The lowest BCUT2D eigenvalue weighted by Crippen LogP contribution is -2.41. The van der Waals surface area contributed by atoms with Crippen molar-refractivity contribution >= 4 is 11.9 Å². The molecule has 0 aromatic carbocycles. The molecule has 8 heteroatoms. The third-order valence-corrected chi connectivity index (χ3v) is 1.31. The predicted molar refractivity (Wildman–Crippen MR) is 38.2 cm³/mol. The molecule has 0 saturated heterocycles. The highest BCUT2D eigenvalue weighted by Gasteiger charge is 2.49. The standard InChI is InChI=1S/C6H5F4N3O/c7-3(8)6(9,10)4(14)13-5-11-1-2-12-5/h1-3H,(H2,11,12,13,14). The van der Waals surface area contributed by atoms with Crippen LogP contribution in [0.3, 0.4) is 0 Å². The number of carbonyl (C=O) groups is 1. The topological polar surface area (TPSA) is 57.8 Å². The third-order valence-electron chi connectivity index (χ3n) is 1.31. The van der Waals surface area contributed by atoms with Crippen molar-refractivity contribution in [3.8, 4) is 0 Å². The summed E-state index contributed by atoms with van der Waals surface area (Å²) in [7, 11) is 0. The van der Waals surface area contributed by atoms with Crippen molar-refractivity contribution in [1.82, 2.24) is 9.97 Å². The molecule has 14 heavy (non-hydrogen) atoms. The molecule has 1 heterocycles. The molecule has 1 aromatic rings. The molecule has 0 aliphatic heterocycles. The van der Waals surface area contributed by atoms with Crippen molar-refractivity contribution in [3.05, 3.63) is 12.4 Å². The summed E-state index contributed by atoms with van der Waals surface area (Å²) in [6, 6.07) is 0. The summed E-state index contributed by atoms with van der Waals surface area (Å²) in [6.45, 7) is 0. The Morgan fingerprint density at radius 3 is 2.64 bits per heavy atom. The molecule has 0 fully saturated rings. The highest BCUT2D eigenvalue weighted by atomic mass is 19.3. The molecule has 0 spiro atoms. The number of aromatic nitrogens is 2. The molecule has 0 aliphatic carbocycles. The quantitative estimate of drug-likeness (QED) is 0.739. The Hall–Kier alpha value is -1.60. The van der Waals surface area contributed by atoms with Crippen molar-refractivity contribution in [3.63, 3.8) is 0 Å². The summed E-state index contributed by atoms with van der Waals surface area (Å²) in [6.07, 6.45) is -1.62. The second-order valence-electron chi connectivity index (χ2n) is 2.32. The summed E-state index contributed by atoms with van der Waals surface area (Å²) in [5.41, 5.74) is 0. The summed E-state index contributed by atoms with van der Waals surface area (Å²) in [5, 5.41) is 1.51. The lowest BCUT2D eigenvalue weighted by Gasteiger charge is -2.13. The van der Waals surface area contributed by atoms with Crippen molar-refractivity contribution < 1.29 is 22.4 Å². The van der Waals surface area contributed by atoms with Gasteiger partial charge in [-0.05, 0) is 0 Å². The first-order valence-electron chi connectivity index (χ1n) is 3.41. The minimum atomic E-state index is -4.72. The van der Waals surface area contributed by atoms with Crippen LogP contribution >= 0.6 is 0 Å². The Bertz CT molecular complexity index is 311. The number of amides is 1. The smallest absolute Gasteiger partial charge is 0.331 e. The van der Waals surface area contributed by atoms with Gasteiger partial charge in [0.1, 0.15) is 0 Å². The molecule has 4 nitrogen and oxygen atoms in total. The summed E-state index contributed by atoms with van der Waals surface area (Å²) in [5.74, 6) is -7.12. The minimum absolute atomic E-state index is 0.310. The second kappa shape index (κ2) is 3.64. The highest BCUT2D eigenvalue weighted by Crippen LogP contribution is 2.23. The number of H-pyrrole nitrogens is 1. The average Bonchev–Trinajstić information content (AvgIpc) is 2.56. The van der Waals surface area contributed by atoms with E-state index in [-0.39, 0.29) is 5.95 Å². The van der Waals surface area contributed by atoms with E-state index in [0.717, 1.165) is 0 Å². The van der Waals surface area contributed by atoms with E-state index in [1.54, 1.807) is 0 Å². The van der Waals surface area contributed by atoms with Gasteiger partial charge in [0.05, 0.1) is 0 Å². The summed E-state index contributed by atoms with van der Waals surface area (Å²) < 4.78 is 48.0. The van der Waals surface area contributed by atoms with E-state index in [1.165, 1.54) is 17.7 Å². The van der Waals surface area contributed by atoms with Gasteiger partial charge in [-0.3, -0.25) is 10.1 Å². The maximum atomic E-state index is 12.3. The van der Waals surface area contributed by atoms with E-state index in [2.05, 4.69) is 9.97 Å². The van der Waals surface area contributed by atoms with Crippen LogP contribution in [0.25, 0.3) is 0 Å². The molecule has 0 atom stereocenters. The van der Waals surface area contributed by atoms with Crippen LogP contribution in [0.2, 0.25) is 0 Å².